The fourth-order valence-corrected chi connectivity index (χ4v) is 3.24. The molecule has 0 spiro atoms. The lowest BCUT2D eigenvalue weighted by Crippen LogP contribution is -2.31. The Hall–Kier alpha value is -2.21. The lowest BCUT2D eigenvalue weighted by Gasteiger charge is -2.16. The summed E-state index contributed by atoms with van der Waals surface area (Å²) in [5.41, 5.74) is 3.32. The zero-order chi connectivity index (χ0) is 15.0. The van der Waals surface area contributed by atoms with Crippen molar-refractivity contribution in [2.24, 2.45) is 17.7 Å². The number of nitrogens with one attached hydrogen (secondary N) is 1. The highest BCUT2D eigenvalue weighted by Crippen LogP contribution is 2.40. The Labute approximate surface area is 122 Å². The van der Waals surface area contributed by atoms with Crippen LogP contribution in [0.3, 0.4) is 0 Å². The van der Waals surface area contributed by atoms with Crippen molar-refractivity contribution in [1.29, 1.82) is 0 Å². The van der Waals surface area contributed by atoms with Gasteiger partial charge in [-0.05, 0) is 30.5 Å². The topological polar surface area (TPSA) is 92.5 Å². The number of imide groups is 1. The van der Waals surface area contributed by atoms with Crippen molar-refractivity contribution in [1.82, 2.24) is 10.3 Å². The third kappa shape index (κ3) is 2.31. The maximum atomic E-state index is 12.2. The van der Waals surface area contributed by atoms with Crippen molar-refractivity contribution in [3.63, 3.8) is 0 Å². The molecule has 0 radical (unpaired) electrons. The minimum Gasteiger partial charge on any atom is -0.290 e. The number of amides is 3. The fourth-order valence-electron chi connectivity index (χ4n) is 3.24. The number of fused-ring (bicyclic) bond motifs is 1. The predicted molar refractivity (Wildman–Crippen MR) is 74.5 cm³/mol. The number of likely N-dealkylation sites (tertiary alicyclic amines) is 1. The lowest BCUT2D eigenvalue weighted by molar-refractivity contribution is -0.141. The van der Waals surface area contributed by atoms with Gasteiger partial charge in [-0.15, -0.1) is 0 Å². The highest BCUT2D eigenvalue weighted by Gasteiger charge is 2.49. The molecular weight excluding hydrogens is 270 g/mol. The number of nitrogens with two attached hydrogens (primary N) is 1. The van der Waals surface area contributed by atoms with E-state index in [1.165, 1.54) is 4.90 Å². The number of hydrogen-bond acceptors (Lipinski definition) is 4. The Morgan fingerprint density at radius 3 is 2.24 bits per heavy atom. The second kappa shape index (κ2) is 5.29. The van der Waals surface area contributed by atoms with Gasteiger partial charge in [0.1, 0.15) is 0 Å². The molecule has 2 aliphatic rings. The first-order valence-electron chi connectivity index (χ1n) is 7.07. The number of nitrogen functional groups attached to an aromatic ring is 1. The number of hydrazine groups is 1. The number of rotatable bonds is 3. The number of carbonyl (C=O) groups excluding carboxylic acids is 3. The Morgan fingerprint density at radius 2 is 1.71 bits per heavy atom. The molecule has 2 unspecified atom stereocenters. The first-order chi connectivity index (χ1) is 10.1. The lowest BCUT2D eigenvalue weighted by atomic mass is 10.00. The predicted octanol–water partition coefficient (Wildman–Crippen LogP) is 0.575. The van der Waals surface area contributed by atoms with Gasteiger partial charge in [0.05, 0.1) is 18.4 Å². The van der Waals surface area contributed by atoms with E-state index >= 15 is 0 Å². The van der Waals surface area contributed by atoms with Gasteiger partial charge in [-0.25, -0.2) is 5.84 Å². The van der Waals surface area contributed by atoms with E-state index in [9.17, 15) is 14.4 Å². The summed E-state index contributed by atoms with van der Waals surface area (Å²) in [6.45, 7) is 0.273. The maximum absolute atomic E-state index is 12.2. The SMILES string of the molecule is NNC(=O)c1ccc(CN2C(=O)C3CCCC3C2=O)cc1. The Balaban J connectivity index is 1.73. The van der Waals surface area contributed by atoms with Gasteiger partial charge in [0, 0.05) is 5.56 Å². The van der Waals surface area contributed by atoms with E-state index < -0.39 is 0 Å². The Morgan fingerprint density at radius 1 is 1.14 bits per heavy atom. The zero-order valence-electron chi connectivity index (χ0n) is 11.5. The molecule has 0 aromatic heterocycles. The molecule has 21 heavy (non-hydrogen) atoms. The molecule has 2 atom stereocenters. The van der Waals surface area contributed by atoms with Crippen molar-refractivity contribution in [3.05, 3.63) is 35.4 Å². The quantitative estimate of drug-likeness (QED) is 0.368. The first-order valence-corrected chi connectivity index (χ1v) is 7.07. The molecule has 2 fully saturated rings. The normalized spacial score (nSPS) is 24.3. The van der Waals surface area contributed by atoms with Crippen molar-refractivity contribution in [2.45, 2.75) is 25.8 Å². The minimum atomic E-state index is -0.371. The Kier molecular flexibility index (Phi) is 3.47. The van der Waals surface area contributed by atoms with Crippen LogP contribution in [0.2, 0.25) is 0 Å². The molecular formula is C15H17N3O3. The fraction of sp³-hybridized carbons (Fsp3) is 0.400. The van der Waals surface area contributed by atoms with Gasteiger partial charge < -0.3 is 0 Å². The molecule has 0 bridgehead atoms. The van der Waals surface area contributed by atoms with Crippen LogP contribution in [-0.2, 0) is 16.1 Å². The first kappa shape index (κ1) is 13.8. The smallest absolute Gasteiger partial charge is 0.265 e. The van der Waals surface area contributed by atoms with Crippen LogP contribution in [0.15, 0.2) is 24.3 Å². The van der Waals surface area contributed by atoms with Gasteiger partial charge in [-0.2, -0.15) is 0 Å². The molecule has 3 rings (SSSR count). The second-order valence-corrected chi connectivity index (χ2v) is 5.58. The zero-order valence-corrected chi connectivity index (χ0v) is 11.5. The van der Waals surface area contributed by atoms with Crippen molar-refractivity contribution in [2.75, 3.05) is 0 Å². The van der Waals surface area contributed by atoms with Crippen LogP contribution in [0.5, 0.6) is 0 Å². The minimum absolute atomic E-state index is 0.0497. The summed E-state index contributed by atoms with van der Waals surface area (Å²) in [4.78, 5) is 37.2. The van der Waals surface area contributed by atoms with Gasteiger partial charge in [0.25, 0.3) is 5.91 Å². The van der Waals surface area contributed by atoms with Gasteiger partial charge >= 0.3 is 0 Å². The molecule has 1 aliphatic carbocycles. The molecule has 1 aromatic carbocycles. The van der Waals surface area contributed by atoms with Gasteiger partial charge in [0.15, 0.2) is 0 Å². The number of benzene rings is 1. The van der Waals surface area contributed by atoms with Gasteiger partial charge in [0.2, 0.25) is 11.8 Å². The van der Waals surface area contributed by atoms with Crippen LogP contribution in [0.4, 0.5) is 0 Å². The summed E-state index contributed by atoms with van der Waals surface area (Å²) >= 11 is 0. The van der Waals surface area contributed by atoms with Gasteiger partial charge in [-0.3, -0.25) is 24.7 Å². The second-order valence-electron chi connectivity index (χ2n) is 5.58. The van der Waals surface area contributed by atoms with E-state index in [2.05, 4.69) is 5.43 Å². The number of carbonyl (C=O) groups is 3. The van der Waals surface area contributed by atoms with Crippen molar-refractivity contribution < 1.29 is 14.4 Å². The average molecular weight is 287 g/mol. The highest BCUT2D eigenvalue weighted by molar-refractivity contribution is 6.05. The molecule has 110 valence electrons. The van der Waals surface area contributed by atoms with E-state index in [1.54, 1.807) is 24.3 Å². The summed E-state index contributed by atoms with van der Waals surface area (Å²) in [7, 11) is 0. The molecule has 1 aromatic rings. The van der Waals surface area contributed by atoms with Crippen LogP contribution in [0.1, 0.15) is 35.2 Å². The van der Waals surface area contributed by atoms with Crippen LogP contribution in [-0.4, -0.2) is 22.6 Å². The summed E-state index contributed by atoms with van der Waals surface area (Å²) in [5, 5.41) is 0. The molecule has 3 amide bonds. The van der Waals surface area contributed by atoms with Gasteiger partial charge in [-0.1, -0.05) is 18.6 Å². The van der Waals surface area contributed by atoms with E-state index in [0.29, 0.717) is 5.56 Å². The molecule has 1 aliphatic heterocycles. The van der Waals surface area contributed by atoms with E-state index in [4.69, 9.17) is 5.84 Å². The monoisotopic (exact) mass is 287 g/mol. The third-order valence-electron chi connectivity index (χ3n) is 4.37. The van der Waals surface area contributed by atoms with Crippen LogP contribution in [0.25, 0.3) is 0 Å². The third-order valence-corrected chi connectivity index (χ3v) is 4.37. The van der Waals surface area contributed by atoms with E-state index in [1.807, 2.05) is 0 Å². The average Bonchev–Trinajstić information content (AvgIpc) is 3.07. The molecule has 1 saturated heterocycles. The largest absolute Gasteiger partial charge is 0.290 e. The summed E-state index contributed by atoms with van der Waals surface area (Å²) in [5.74, 6) is 4.37. The molecule has 1 saturated carbocycles. The summed E-state index contributed by atoms with van der Waals surface area (Å²) < 4.78 is 0. The van der Waals surface area contributed by atoms with Crippen molar-refractivity contribution >= 4 is 17.7 Å². The van der Waals surface area contributed by atoms with Crippen molar-refractivity contribution in [3.8, 4) is 0 Å². The molecule has 3 N–H and O–H groups in total. The summed E-state index contributed by atoms with van der Waals surface area (Å²) in [6, 6.07) is 6.73. The molecule has 6 heteroatoms. The number of nitrogens with zero attached hydrogens (tertiary/aromatic N) is 1. The van der Waals surface area contributed by atoms with E-state index in [0.717, 1.165) is 24.8 Å². The van der Waals surface area contributed by atoms with Crippen LogP contribution >= 0.6 is 0 Å². The maximum Gasteiger partial charge on any atom is 0.265 e. The molecule has 6 nitrogen and oxygen atoms in total. The summed E-state index contributed by atoms with van der Waals surface area (Å²) in [6.07, 6.45) is 2.60. The van der Waals surface area contributed by atoms with E-state index in [-0.39, 0.29) is 36.1 Å². The van der Waals surface area contributed by atoms with Crippen LogP contribution in [0, 0.1) is 11.8 Å². The van der Waals surface area contributed by atoms with Crippen LogP contribution < -0.4 is 11.3 Å². The standard InChI is InChI=1S/C15H17N3O3/c16-17-13(19)10-6-4-9(5-7-10)8-18-14(20)11-2-1-3-12(11)15(18)21/h4-7,11-12H,1-3,8,16H2,(H,17,19). The highest BCUT2D eigenvalue weighted by atomic mass is 16.2. The number of hydrogen-bond donors (Lipinski definition) is 2. The molecule has 1 heterocycles. The Bertz CT molecular complexity index is 575.